The van der Waals surface area contributed by atoms with Gasteiger partial charge in [0.15, 0.2) is 0 Å². The standard InChI is InChI=1S/C28H49O2/c1-19(8-7-14-25(2,3)29)22-11-12-23-21-10-9-20-18-26(4,30)16-17-27(20,5)24(21)13-15-28(22,23)6/h19-24,30H,7-18H2,1-6H3/q-1/t19-,20+,21+,22-,23+,24+,26+,27+,28-/m1/s1. The van der Waals surface area contributed by atoms with Gasteiger partial charge in [-0.2, -0.15) is 0 Å². The van der Waals surface area contributed by atoms with Crippen molar-refractivity contribution in [2.75, 3.05) is 0 Å². The molecule has 0 aromatic rings. The molecule has 0 aliphatic heterocycles. The minimum Gasteiger partial charge on any atom is -0.850 e. The maximum Gasteiger partial charge on any atom is 0.0622 e. The normalized spacial score (nSPS) is 49.8. The fourth-order valence-corrected chi connectivity index (χ4v) is 9.46. The number of aliphatic hydroxyl groups is 1. The summed E-state index contributed by atoms with van der Waals surface area (Å²) in [7, 11) is 0. The molecule has 0 saturated heterocycles. The molecule has 0 heterocycles. The van der Waals surface area contributed by atoms with E-state index in [4.69, 9.17) is 0 Å². The van der Waals surface area contributed by atoms with E-state index in [0.29, 0.717) is 10.8 Å². The van der Waals surface area contributed by atoms with Crippen LogP contribution in [0.2, 0.25) is 0 Å². The summed E-state index contributed by atoms with van der Waals surface area (Å²) in [4.78, 5) is 0. The molecule has 0 bridgehead atoms. The zero-order valence-electron chi connectivity index (χ0n) is 20.8. The first kappa shape index (κ1) is 23.1. The van der Waals surface area contributed by atoms with Crippen LogP contribution in [0, 0.1) is 46.3 Å². The third-order valence-electron chi connectivity index (χ3n) is 11.2. The largest absolute Gasteiger partial charge is 0.850 e. The second kappa shape index (κ2) is 7.75. The van der Waals surface area contributed by atoms with Crippen molar-refractivity contribution in [1.29, 1.82) is 0 Å². The minimum absolute atomic E-state index is 0.424. The average Bonchev–Trinajstić information content (AvgIpc) is 2.98. The van der Waals surface area contributed by atoms with Crippen LogP contribution < -0.4 is 5.11 Å². The minimum atomic E-state index is -0.765. The summed E-state index contributed by atoms with van der Waals surface area (Å²) < 4.78 is 0. The Morgan fingerprint density at radius 2 is 1.63 bits per heavy atom. The predicted molar refractivity (Wildman–Crippen MR) is 123 cm³/mol. The second-order valence-electron chi connectivity index (χ2n) is 13.7. The fourth-order valence-electron chi connectivity index (χ4n) is 9.46. The maximum absolute atomic E-state index is 12.0. The van der Waals surface area contributed by atoms with E-state index in [2.05, 4.69) is 27.7 Å². The zero-order chi connectivity index (χ0) is 21.9. The van der Waals surface area contributed by atoms with Gasteiger partial charge in [0.1, 0.15) is 0 Å². The van der Waals surface area contributed by atoms with Crippen LogP contribution in [0.4, 0.5) is 0 Å². The number of hydrogen-bond donors (Lipinski definition) is 1. The highest BCUT2D eigenvalue weighted by Gasteiger charge is 2.61. The van der Waals surface area contributed by atoms with Crippen molar-refractivity contribution in [2.24, 2.45) is 46.3 Å². The Balaban J connectivity index is 1.45. The van der Waals surface area contributed by atoms with Gasteiger partial charge in [-0.05, 0) is 111 Å². The van der Waals surface area contributed by atoms with Gasteiger partial charge in [0.2, 0.25) is 0 Å². The molecule has 2 heteroatoms. The van der Waals surface area contributed by atoms with E-state index in [0.717, 1.165) is 61.2 Å². The van der Waals surface area contributed by atoms with Crippen molar-refractivity contribution < 1.29 is 10.2 Å². The van der Waals surface area contributed by atoms with E-state index in [9.17, 15) is 10.2 Å². The van der Waals surface area contributed by atoms with Crippen molar-refractivity contribution >= 4 is 0 Å². The molecule has 4 saturated carbocycles. The van der Waals surface area contributed by atoms with Gasteiger partial charge in [-0.1, -0.05) is 53.9 Å². The topological polar surface area (TPSA) is 43.3 Å². The summed E-state index contributed by atoms with van der Waals surface area (Å²) in [5.74, 6) is 5.08. The lowest BCUT2D eigenvalue weighted by Crippen LogP contribution is -2.55. The predicted octanol–water partition coefficient (Wildman–Crippen LogP) is 6.34. The van der Waals surface area contributed by atoms with Crippen molar-refractivity contribution in [3.63, 3.8) is 0 Å². The van der Waals surface area contributed by atoms with Gasteiger partial charge >= 0.3 is 0 Å². The van der Waals surface area contributed by atoms with Crippen LogP contribution >= 0.6 is 0 Å². The van der Waals surface area contributed by atoms with E-state index < -0.39 is 11.2 Å². The summed E-state index contributed by atoms with van der Waals surface area (Å²) in [5.41, 5.74) is -0.196. The summed E-state index contributed by atoms with van der Waals surface area (Å²) in [6, 6.07) is 0. The summed E-state index contributed by atoms with van der Waals surface area (Å²) in [6.45, 7) is 13.5. The number of fused-ring (bicyclic) bond motifs is 5. The first-order valence-corrected chi connectivity index (χ1v) is 13.3. The smallest absolute Gasteiger partial charge is 0.0622 e. The number of hydrogen-bond acceptors (Lipinski definition) is 2. The average molecular weight is 418 g/mol. The first-order chi connectivity index (χ1) is 13.9. The molecule has 1 N–H and O–H groups in total. The highest BCUT2D eigenvalue weighted by atomic mass is 16.3. The van der Waals surface area contributed by atoms with Crippen LogP contribution in [-0.2, 0) is 0 Å². The molecule has 9 atom stereocenters. The van der Waals surface area contributed by atoms with Gasteiger partial charge in [-0.3, -0.25) is 0 Å². The fraction of sp³-hybridized carbons (Fsp3) is 1.00. The van der Waals surface area contributed by atoms with Gasteiger partial charge in [0.05, 0.1) is 5.60 Å². The number of rotatable bonds is 5. The van der Waals surface area contributed by atoms with Gasteiger partial charge < -0.3 is 10.2 Å². The van der Waals surface area contributed by atoms with Gasteiger partial charge in [-0.15, -0.1) is 5.60 Å². The molecule has 174 valence electrons. The van der Waals surface area contributed by atoms with Crippen molar-refractivity contribution in [2.45, 2.75) is 130 Å². The highest BCUT2D eigenvalue weighted by molar-refractivity contribution is 5.10. The molecule has 2 nitrogen and oxygen atoms in total. The Kier molecular flexibility index (Phi) is 5.97. The molecule has 0 radical (unpaired) electrons. The monoisotopic (exact) mass is 417 g/mol. The van der Waals surface area contributed by atoms with Crippen molar-refractivity contribution in [3.05, 3.63) is 0 Å². The van der Waals surface area contributed by atoms with E-state index in [1.807, 2.05) is 13.8 Å². The Morgan fingerprint density at radius 1 is 0.933 bits per heavy atom. The first-order valence-electron chi connectivity index (χ1n) is 13.3. The van der Waals surface area contributed by atoms with E-state index in [1.54, 1.807) is 0 Å². The SMILES string of the molecule is C[C@H](CCCC(C)(C)[O-])[C@H]1CC[C@H]2[C@@H]3CC[C@H]4C[C@@](C)(O)CC[C@]4(C)[C@H]3CC[C@]12C. The molecule has 4 fully saturated rings. The Labute approximate surface area is 186 Å². The Bertz CT molecular complexity index is 619. The lowest BCUT2D eigenvalue weighted by molar-refractivity contribution is -0.467. The van der Waals surface area contributed by atoms with E-state index in [1.165, 1.54) is 51.4 Å². The van der Waals surface area contributed by atoms with Gasteiger partial charge in [0, 0.05) is 0 Å². The summed E-state index contributed by atoms with van der Waals surface area (Å²) in [6.07, 6.45) is 14.9. The van der Waals surface area contributed by atoms with Crippen LogP contribution in [0.25, 0.3) is 0 Å². The van der Waals surface area contributed by atoms with Crippen LogP contribution in [0.3, 0.4) is 0 Å². The highest BCUT2D eigenvalue weighted by Crippen LogP contribution is 2.68. The zero-order valence-corrected chi connectivity index (χ0v) is 20.8. The van der Waals surface area contributed by atoms with Crippen LogP contribution in [0.1, 0.15) is 119 Å². The lowest BCUT2D eigenvalue weighted by atomic mass is 9.43. The molecule has 0 unspecified atom stereocenters. The molecule has 4 rings (SSSR count). The molecule has 0 aromatic carbocycles. The molecule has 30 heavy (non-hydrogen) atoms. The van der Waals surface area contributed by atoms with Crippen molar-refractivity contribution in [3.8, 4) is 0 Å². The molecule has 4 aliphatic carbocycles. The molecule has 0 aromatic heterocycles. The third-order valence-corrected chi connectivity index (χ3v) is 11.2. The molecule has 0 spiro atoms. The van der Waals surface area contributed by atoms with Crippen LogP contribution in [0.15, 0.2) is 0 Å². The Morgan fingerprint density at radius 3 is 2.33 bits per heavy atom. The molecular formula is C28H49O2-. The van der Waals surface area contributed by atoms with Crippen molar-refractivity contribution in [1.82, 2.24) is 0 Å². The van der Waals surface area contributed by atoms with E-state index in [-0.39, 0.29) is 0 Å². The third kappa shape index (κ3) is 4.02. The van der Waals surface area contributed by atoms with Crippen LogP contribution in [-0.4, -0.2) is 16.3 Å². The summed E-state index contributed by atoms with van der Waals surface area (Å²) in [5, 5.41) is 22.7. The maximum atomic E-state index is 12.0. The quantitative estimate of drug-likeness (QED) is 0.567. The summed E-state index contributed by atoms with van der Waals surface area (Å²) >= 11 is 0. The second-order valence-corrected chi connectivity index (χ2v) is 13.7. The lowest BCUT2D eigenvalue weighted by Gasteiger charge is -2.62. The van der Waals surface area contributed by atoms with E-state index >= 15 is 0 Å². The molecule has 4 aliphatic rings. The van der Waals surface area contributed by atoms with Gasteiger partial charge in [-0.25, -0.2) is 0 Å². The Hall–Kier alpha value is -0.0800. The van der Waals surface area contributed by atoms with Crippen LogP contribution in [0.5, 0.6) is 0 Å². The molecular weight excluding hydrogens is 368 g/mol. The van der Waals surface area contributed by atoms with Gasteiger partial charge in [0.25, 0.3) is 0 Å². The molecule has 0 amide bonds.